The number of aromatic nitrogens is 1. The van der Waals surface area contributed by atoms with Gasteiger partial charge in [0.1, 0.15) is 18.0 Å². The molecular formula is C17H17N3O4. The van der Waals surface area contributed by atoms with Gasteiger partial charge in [0.2, 0.25) is 11.8 Å². The van der Waals surface area contributed by atoms with E-state index in [1.165, 1.54) is 4.90 Å². The van der Waals surface area contributed by atoms with Crippen molar-refractivity contribution in [2.24, 2.45) is 0 Å². The summed E-state index contributed by atoms with van der Waals surface area (Å²) in [7, 11) is 0. The van der Waals surface area contributed by atoms with Crippen LogP contribution in [0, 0.1) is 0 Å². The van der Waals surface area contributed by atoms with Crippen molar-refractivity contribution in [1.82, 2.24) is 4.98 Å². The molecule has 124 valence electrons. The molecule has 24 heavy (non-hydrogen) atoms. The van der Waals surface area contributed by atoms with Gasteiger partial charge in [-0.15, -0.1) is 0 Å². The first-order valence-corrected chi connectivity index (χ1v) is 7.59. The van der Waals surface area contributed by atoms with Gasteiger partial charge < -0.3 is 14.8 Å². The number of anilines is 2. The molecule has 7 heteroatoms. The Morgan fingerprint density at radius 3 is 3.00 bits per heavy atom. The molecular weight excluding hydrogens is 310 g/mol. The van der Waals surface area contributed by atoms with Crippen LogP contribution in [0.2, 0.25) is 0 Å². The Kier molecular flexibility index (Phi) is 4.60. The summed E-state index contributed by atoms with van der Waals surface area (Å²) in [6.45, 7) is 2.08. The lowest BCUT2D eigenvalue weighted by molar-refractivity contribution is -0.123. The summed E-state index contributed by atoms with van der Waals surface area (Å²) < 4.78 is 10.7. The molecule has 7 nitrogen and oxygen atoms in total. The molecule has 1 aliphatic rings. The van der Waals surface area contributed by atoms with E-state index in [9.17, 15) is 9.59 Å². The monoisotopic (exact) mass is 327 g/mol. The standard InChI is InChI=1S/C17H17N3O4/c1-2-23-17-12(6-5-9-18-17)19-15(21)10-20-13-7-3-4-8-14(13)24-11-16(20)22/h3-9H,2,10-11H2,1H3,(H,19,21). The van der Waals surface area contributed by atoms with Crippen LogP contribution in [0.1, 0.15) is 6.92 Å². The van der Waals surface area contributed by atoms with Gasteiger partial charge in [-0.05, 0) is 31.2 Å². The first-order chi connectivity index (χ1) is 11.7. The number of hydrogen-bond acceptors (Lipinski definition) is 5. The number of fused-ring (bicyclic) bond motifs is 1. The topological polar surface area (TPSA) is 80.8 Å². The number of benzene rings is 1. The summed E-state index contributed by atoms with van der Waals surface area (Å²) in [5.74, 6) is 0.331. The van der Waals surface area contributed by atoms with Crippen LogP contribution in [-0.4, -0.2) is 36.6 Å². The number of hydrogen-bond donors (Lipinski definition) is 1. The Morgan fingerprint density at radius 2 is 2.17 bits per heavy atom. The molecule has 1 aromatic carbocycles. The van der Waals surface area contributed by atoms with Gasteiger partial charge in [0.15, 0.2) is 6.61 Å². The lowest BCUT2D eigenvalue weighted by Gasteiger charge is -2.28. The SMILES string of the molecule is CCOc1ncccc1NC(=O)CN1C(=O)COc2ccccc21. The van der Waals surface area contributed by atoms with Crippen molar-refractivity contribution in [3.8, 4) is 11.6 Å². The molecule has 0 radical (unpaired) electrons. The second kappa shape index (κ2) is 6.99. The van der Waals surface area contributed by atoms with Crippen LogP contribution < -0.4 is 19.7 Å². The zero-order valence-corrected chi connectivity index (χ0v) is 13.2. The van der Waals surface area contributed by atoms with Gasteiger partial charge in [0, 0.05) is 6.20 Å². The lowest BCUT2D eigenvalue weighted by Crippen LogP contribution is -2.43. The molecule has 0 fully saturated rings. The maximum absolute atomic E-state index is 12.4. The van der Waals surface area contributed by atoms with Gasteiger partial charge in [-0.2, -0.15) is 0 Å². The second-order valence-electron chi connectivity index (χ2n) is 5.07. The zero-order chi connectivity index (χ0) is 16.9. The van der Waals surface area contributed by atoms with Gasteiger partial charge in [-0.3, -0.25) is 14.5 Å². The predicted molar refractivity (Wildman–Crippen MR) is 88.3 cm³/mol. The number of amides is 2. The average molecular weight is 327 g/mol. The summed E-state index contributed by atoms with van der Waals surface area (Å²) in [6, 6.07) is 10.5. The molecule has 1 aliphatic heterocycles. The minimum Gasteiger partial charge on any atom is -0.482 e. The third-order valence-electron chi connectivity index (χ3n) is 3.44. The minimum atomic E-state index is -0.339. The van der Waals surface area contributed by atoms with Gasteiger partial charge >= 0.3 is 0 Å². The molecule has 2 heterocycles. The molecule has 2 amide bonds. The number of carbonyl (C=O) groups excluding carboxylic acids is 2. The van der Waals surface area contributed by atoms with Gasteiger partial charge in [-0.25, -0.2) is 4.98 Å². The Balaban J connectivity index is 1.75. The molecule has 0 unspecified atom stereocenters. The summed E-state index contributed by atoms with van der Waals surface area (Å²) in [5.41, 5.74) is 1.05. The van der Waals surface area contributed by atoms with Gasteiger partial charge in [-0.1, -0.05) is 12.1 Å². The van der Waals surface area contributed by atoms with Crippen LogP contribution in [0.4, 0.5) is 11.4 Å². The fourth-order valence-electron chi connectivity index (χ4n) is 2.40. The third-order valence-corrected chi connectivity index (χ3v) is 3.44. The molecule has 0 saturated heterocycles. The number of carbonyl (C=O) groups is 2. The van der Waals surface area contributed by atoms with Crippen LogP contribution >= 0.6 is 0 Å². The molecule has 0 atom stereocenters. The normalized spacial score (nSPS) is 13.0. The Morgan fingerprint density at radius 1 is 1.33 bits per heavy atom. The van der Waals surface area contributed by atoms with Crippen LogP contribution in [0.3, 0.4) is 0 Å². The van der Waals surface area contributed by atoms with E-state index in [4.69, 9.17) is 9.47 Å². The highest BCUT2D eigenvalue weighted by molar-refractivity contribution is 6.05. The zero-order valence-electron chi connectivity index (χ0n) is 13.2. The summed E-state index contributed by atoms with van der Waals surface area (Å²) >= 11 is 0. The second-order valence-corrected chi connectivity index (χ2v) is 5.07. The Hall–Kier alpha value is -3.09. The van der Waals surface area contributed by atoms with Crippen LogP contribution in [0.25, 0.3) is 0 Å². The summed E-state index contributed by atoms with van der Waals surface area (Å²) in [5, 5.41) is 2.73. The van der Waals surface area contributed by atoms with E-state index in [1.807, 2.05) is 13.0 Å². The van der Waals surface area contributed by atoms with E-state index in [0.29, 0.717) is 29.6 Å². The number of pyridine rings is 1. The summed E-state index contributed by atoms with van der Waals surface area (Å²) in [4.78, 5) is 30.0. The van der Waals surface area contributed by atoms with E-state index < -0.39 is 0 Å². The Labute approximate surface area is 139 Å². The van der Waals surface area contributed by atoms with Crippen molar-refractivity contribution < 1.29 is 19.1 Å². The highest BCUT2D eigenvalue weighted by Gasteiger charge is 2.27. The van der Waals surface area contributed by atoms with Crippen LogP contribution in [0.15, 0.2) is 42.6 Å². The third kappa shape index (κ3) is 3.29. The van der Waals surface area contributed by atoms with E-state index in [-0.39, 0.29) is 25.0 Å². The maximum Gasteiger partial charge on any atom is 0.265 e. The lowest BCUT2D eigenvalue weighted by atomic mass is 10.2. The first-order valence-electron chi connectivity index (χ1n) is 7.59. The molecule has 2 aromatic rings. The van der Waals surface area contributed by atoms with Crippen molar-refractivity contribution in [2.75, 3.05) is 30.0 Å². The molecule has 0 saturated carbocycles. The highest BCUT2D eigenvalue weighted by atomic mass is 16.5. The molecule has 3 rings (SSSR count). The quantitative estimate of drug-likeness (QED) is 0.906. The molecule has 1 aromatic heterocycles. The average Bonchev–Trinajstić information content (AvgIpc) is 2.59. The smallest absolute Gasteiger partial charge is 0.265 e. The van der Waals surface area contributed by atoms with Crippen molar-refractivity contribution in [1.29, 1.82) is 0 Å². The van der Waals surface area contributed by atoms with Crippen LogP contribution in [-0.2, 0) is 9.59 Å². The van der Waals surface area contributed by atoms with E-state index in [1.54, 1.807) is 36.5 Å². The van der Waals surface area contributed by atoms with Crippen LogP contribution in [0.5, 0.6) is 11.6 Å². The number of nitrogens with one attached hydrogen (secondary N) is 1. The Bertz CT molecular complexity index is 763. The minimum absolute atomic E-state index is 0.0820. The largest absolute Gasteiger partial charge is 0.482 e. The maximum atomic E-state index is 12.4. The predicted octanol–water partition coefficient (Wildman–Crippen LogP) is 1.84. The number of nitrogens with zero attached hydrogens (tertiary/aromatic N) is 2. The fraction of sp³-hybridized carbons (Fsp3) is 0.235. The number of ether oxygens (including phenoxy) is 2. The van der Waals surface area contributed by atoms with E-state index in [0.717, 1.165) is 0 Å². The van der Waals surface area contributed by atoms with Crippen molar-refractivity contribution in [2.45, 2.75) is 6.92 Å². The van der Waals surface area contributed by atoms with E-state index >= 15 is 0 Å². The fourth-order valence-corrected chi connectivity index (χ4v) is 2.40. The molecule has 1 N–H and O–H groups in total. The highest BCUT2D eigenvalue weighted by Crippen LogP contribution is 2.31. The van der Waals surface area contributed by atoms with Crippen molar-refractivity contribution in [3.05, 3.63) is 42.6 Å². The van der Waals surface area contributed by atoms with Gasteiger partial charge in [0.25, 0.3) is 5.91 Å². The van der Waals surface area contributed by atoms with Crippen molar-refractivity contribution >= 4 is 23.2 Å². The molecule has 0 spiro atoms. The van der Waals surface area contributed by atoms with E-state index in [2.05, 4.69) is 10.3 Å². The summed E-state index contributed by atoms with van der Waals surface area (Å²) in [6.07, 6.45) is 1.59. The first kappa shape index (κ1) is 15.8. The molecule has 0 bridgehead atoms. The van der Waals surface area contributed by atoms with Gasteiger partial charge in [0.05, 0.1) is 12.3 Å². The number of para-hydroxylation sites is 2. The number of rotatable bonds is 5. The van der Waals surface area contributed by atoms with Crippen molar-refractivity contribution in [3.63, 3.8) is 0 Å². The molecule has 0 aliphatic carbocycles.